The Morgan fingerprint density at radius 3 is 2.60 bits per heavy atom. The van der Waals surface area contributed by atoms with Gasteiger partial charge < -0.3 is 19.3 Å². The van der Waals surface area contributed by atoms with E-state index in [0.29, 0.717) is 18.4 Å². The zero-order chi connectivity index (χ0) is 18.5. The van der Waals surface area contributed by atoms with Crippen LogP contribution < -0.4 is 0 Å². The average Bonchev–Trinajstić information content (AvgIpc) is 2.99. The van der Waals surface area contributed by atoms with Gasteiger partial charge in [-0.15, -0.1) is 0 Å². The highest BCUT2D eigenvalue weighted by Crippen LogP contribution is 2.52. The van der Waals surface area contributed by atoms with Gasteiger partial charge in [-0.1, -0.05) is 25.3 Å². The highest BCUT2D eigenvalue weighted by Gasteiger charge is 2.56. The number of ether oxygens (including phenoxy) is 3. The number of hydrogen-bond donors (Lipinski definition) is 1. The number of aliphatic hydroxyl groups excluding tert-OH is 1. The fourth-order valence-electron chi connectivity index (χ4n) is 4.16. The van der Waals surface area contributed by atoms with Crippen molar-refractivity contribution in [3.63, 3.8) is 0 Å². The molecule has 6 atom stereocenters. The Labute approximate surface area is 146 Å². The number of esters is 2. The average molecular weight is 346 g/mol. The second-order valence-corrected chi connectivity index (χ2v) is 6.81. The van der Waals surface area contributed by atoms with Gasteiger partial charge in [0.25, 0.3) is 0 Å². The van der Waals surface area contributed by atoms with Crippen molar-refractivity contribution < 1.29 is 28.9 Å². The van der Waals surface area contributed by atoms with Crippen molar-refractivity contribution >= 4 is 11.9 Å². The smallest absolute Gasteiger partial charge is 0.373 e. The SMILES string of the molecule is C=C(OC)C(=O)OC1CC(=C)C2CC(O)C(=C)C2C2OC(=O)C(=C)C12. The van der Waals surface area contributed by atoms with Crippen molar-refractivity contribution in [2.75, 3.05) is 7.11 Å². The molecular weight excluding hydrogens is 324 g/mol. The molecule has 2 saturated carbocycles. The van der Waals surface area contributed by atoms with Crippen molar-refractivity contribution in [2.24, 2.45) is 17.8 Å². The lowest BCUT2D eigenvalue weighted by Gasteiger charge is -2.28. The molecule has 6 nitrogen and oxygen atoms in total. The minimum Gasteiger partial charge on any atom is -0.490 e. The van der Waals surface area contributed by atoms with E-state index in [4.69, 9.17) is 14.2 Å². The van der Waals surface area contributed by atoms with Gasteiger partial charge >= 0.3 is 11.9 Å². The van der Waals surface area contributed by atoms with Crippen LogP contribution in [0.3, 0.4) is 0 Å². The standard InChI is InChI=1S/C19H22O6/c1-8-6-14(24-19(22)11(4)23-5)16-10(3)18(21)25-17(16)15-9(2)13(20)7-12(8)15/h12-17,20H,1-4,6-7H2,5H3. The summed E-state index contributed by atoms with van der Waals surface area (Å²) in [6.07, 6.45) is -1.08. The van der Waals surface area contributed by atoms with Crippen LogP contribution in [0.4, 0.5) is 0 Å². The fourth-order valence-corrected chi connectivity index (χ4v) is 4.16. The quantitative estimate of drug-likeness (QED) is 0.362. The van der Waals surface area contributed by atoms with Gasteiger partial charge in [0.05, 0.1) is 19.1 Å². The molecule has 1 N–H and O–H groups in total. The number of carbonyl (C=O) groups excluding carboxylic acids is 2. The first kappa shape index (κ1) is 17.5. The van der Waals surface area contributed by atoms with E-state index < -0.39 is 36.2 Å². The van der Waals surface area contributed by atoms with E-state index in [-0.39, 0.29) is 23.2 Å². The molecule has 0 aromatic heterocycles. The zero-order valence-electron chi connectivity index (χ0n) is 14.2. The molecular formula is C19H22O6. The highest BCUT2D eigenvalue weighted by atomic mass is 16.6. The Bertz CT molecular complexity index is 690. The molecule has 2 aliphatic carbocycles. The van der Waals surface area contributed by atoms with Crippen LogP contribution in [0.2, 0.25) is 0 Å². The first-order valence-electron chi connectivity index (χ1n) is 8.14. The molecule has 6 unspecified atom stereocenters. The molecule has 0 radical (unpaired) electrons. The molecule has 1 aliphatic heterocycles. The summed E-state index contributed by atoms with van der Waals surface area (Å²) in [7, 11) is 1.33. The number of rotatable bonds is 3. The third kappa shape index (κ3) is 2.70. The molecule has 134 valence electrons. The van der Waals surface area contributed by atoms with Crippen LogP contribution in [0.25, 0.3) is 0 Å². The van der Waals surface area contributed by atoms with E-state index in [2.05, 4.69) is 26.3 Å². The molecule has 0 aromatic rings. The van der Waals surface area contributed by atoms with E-state index in [0.717, 1.165) is 5.57 Å². The predicted octanol–water partition coefficient (Wildman–Crippen LogP) is 1.67. The van der Waals surface area contributed by atoms with Gasteiger partial charge in [-0.3, -0.25) is 0 Å². The Hall–Kier alpha value is -2.34. The van der Waals surface area contributed by atoms with Gasteiger partial charge in [-0.05, 0) is 24.5 Å². The van der Waals surface area contributed by atoms with E-state index >= 15 is 0 Å². The Morgan fingerprint density at radius 2 is 1.96 bits per heavy atom. The van der Waals surface area contributed by atoms with Crippen LogP contribution in [-0.2, 0) is 23.8 Å². The summed E-state index contributed by atoms with van der Waals surface area (Å²) >= 11 is 0. The predicted molar refractivity (Wildman–Crippen MR) is 89.0 cm³/mol. The van der Waals surface area contributed by atoms with E-state index in [1.165, 1.54) is 7.11 Å². The molecule has 1 heterocycles. The minimum atomic E-state index is -0.697. The maximum Gasteiger partial charge on any atom is 0.373 e. The summed E-state index contributed by atoms with van der Waals surface area (Å²) in [5, 5.41) is 10.2. The summed E-state index contributed by atoms with van der Waals surface area (Å²) in [5.41, 5.74) is 1.71. The minimum absolute atomic E-state index is 0.0805. The molecule has 3 fully saturated rings. The Kier molecular flexibility index (Phi) is 4.33. The second-order valence-electron chi connectivity index (χ2n) is 6.81. The van der Waals surface area contributed by atoms with Crippen molar-refractivity contribution in [1.29, 1.82) is 0 Å². The third-order valence-electron chi connectivity index (χ3n) is 5.50. The summed E-state index contributed by atoms with van der Waals surface area (Å²) < 4.78 is 15.9. The molecule has 0 aromatic carbocycles. The normalized spacial score (nSPS) is 37.0. The summed E-state index contributed by atoms with van der Waals surface area (Å²) in [6.45, 7) is 15.4. The largest absolute Gasteiger partial charge is 0.490 e. The van der Waals surface area contributed by atoms with Crippen molar-refractivity contribution in [3.8, 4) is 0 Å². The Balaban J connectivity index is 1.96. The van der Waals surface area contributed by atoms with Gasteiger partial charge in [0.15, 0.2) is 5.76 Å². The topological polar surface area (TPSA) is 82.1 Å². The van der Waals surface area contributed by atoms with Gasteiger partial charge in [0, 0.05) is 17.9 Å². The number of hydrogen-bond acceptors (Lipinski definition) is 6. The number of methoxy groups -OCH3 is 1. The van der Waals surface area contributed by atoms with Crippen LogP contribution in [-0.4, -0.2) is 42.5 Å². The second kappa shape index (κ2) is 6.19. The lowest BCUT2D eigenvalue weighted by Crippen LogP contribution is -2.36. The van der Waals surface area contributed by atoms with Crippen molar-refractivity contribution in [3.05, 3.63) is 48.8 Å². The molecule has 3 aliphatic rings. The maximum absolute atomic E-state index is 12.1. The molecule has 25 heavy (non-hydrogen) atoms. The van der Waals surface area contributed by atoms with Crippen LogP contribution >= 0.6 is 0 Å². The first-order valence-corrected chi connectivity index (χ1v) is 8.14. The monoisotopic (exact) mass is 346 g/mol. The summed E-state index contributed by atoms with van der Waals surface area (Å²) in [6, 6.07) is 0. The number of fused-ring (bicyclic) bond motifs is 3. The summed E-state index contributed by atoms with van der Waals surface area (Å²) in [5.74, 6) is -2.19. The zero-order valence-corrected chi connectivity index (χ0v) is 14.2. The first-order chi connectivity index (χ1) is 11.8. The van der Waals surface area contributed by atoms with Crippen LogP contribution in [0.5, 0.6) is 0 Å². The molecule has 3 rings (SSSR count). The van der Waals surface area contributed by atoms with Gasteiger partial charge in [0.1, 0.15) is 12.2 Å². The van der Waals surface area contributed by atoms with Gasteiger partial charge in [-0.2, -0.15) is 0 Å². The summed E-state index contributed by atoms with van der Waals surface area (Å²) in [4.78, 5) is 24.2. The van der Waals surface area contributed by atoms with E-state index in [1.54, 1.807) is 0 Å². The molecule has 6 heteroatoms. The van der Waals surface area contributed by atoms with Crippen molar-refractivity contribution in [1.82, 2.24) is 0 Å². The van der Waals surface area contributed by atoms with Crippen molar-refractivity contribution in [2.45, 2.75) is 31.2 Å². The number of aliphatic hydroxyl groups is 1. The number of carbonyl (C=O) groups is 2. The molecule has 1 saturated heterocycles. The lowest BCUT2D eigenvalue weighted by molar-refractivity contribution is -0.151. The fraction of sp³-hybridized carbons (Fsp3) is 0.474. The maximum atomic E-state index is 12.1. The third-order valence-corrected chi connectivity index (χ3v) is 5.50. The van der Waals surface area contributed by atoms with Crippen LogP contribution in [0.15, 0.2) is 48.8 Å². The van der Waals surface area contributed by atoms with Crippen LogP contribution in [0, 0.1) is 17.8 Å². The van der Waals surface area contributed by atoms with E-state index in [1.807, 2.05) is 0 Å². The van der Waals surface area contributed by atoms with E-state index in [9.17, 15) is 14.7 Å². The van der Waals surface area contributed by atoms with Crippen LogP contribution in [0.1, 0.15) is 12.8 Å². The van der Waals surface area contributed by atoms with Gasteiger partial charge in [-0.25, -0.2) is 9.59 Å². The molecule has 0 amide bonds. The molecule has 0 bridgehead atoms. The lowest BCUT2D eigenvalue weighted by atomic mass is 9.81. The Morgan fingerprint density at radius 1 is 1.28 bits per heavy atom. The molecule has 0 spiro atoms. The highest BCUT2D eigenvalue weighted by molar-refractivity contribution is 5.91. The van der Waals surface area contributed by atoms with Gasteiger partial charge in [0.2, 0.25) is 0 Å².